The van der Waals surface area contributed by atoms with Crippen molar-refractivity contribution in [2.75, 3.05) is 19.5 Å². The van der Waals surface area contributed by atoms with Crippen molar-refractivity contribution in [3.63, 3.8) is 0 Å². The Morgan fingerprint density at radius 2 is 2.00 bits per heavy atom. The first-order valence-electron chi connectivity index (χ1n) is 7.92. The van der Waals surface area contributed by atoms with Gasteiger partial charge in [-0.05, 0) is 32.6 Å². The first kappa shape index (κ1) is 16.0. The van der Waals surface area contributed by atoms with Crippen molar-refractivity contribution >= 4 is 5.82 Å². The highest BCUT2D eigenvalue weighted by atomic mass is 16.5. The van der Waals surface area contributed by atoms with Crippen LogP contribution in [-0.2, 0) is 11.2 Å². The molecule has 0 bridgehead atoms. The Balaban J connectivity index is 2.15. The third kappa shape index (κ3) is 4.06. The maximum absolute atomic E-state index is 6.18. The number of aryl methyl sites for hydroxylation is 1. The van der Waals surface area contributed by atoms with E-state index in [1.807, 2.05) is 14.0 Å². The van der Waals surface area contributed by atoms with Crippen molar-refractivity contribution in [3.05, 3.63) is 11.4 Å². The van der Waals surface area contributed by atoms with E-state index in [0.29, 0.717) is 6.10 Å². The molecule has 21 heavy (non-hydrogen) atoms. The van der Waals surface area contributed by atoms with Gasteiger partial charge in [0, 0.05) is 27.0 Å². The van der Waals surface area contributed by atoms with Crippen LogP contribution in [-0.4, -0.2) is 36.3 Å². The Labute approximate surface area is 127 Å². The van der Waals surface area contributed by atoms with Gasteiger partial charge in [0.1, 0.15) is 17.7 Å². The normalized spacial score (nSPS) is 22.1. The lowest BCUT2D eigenvalue weighted by Crippen LogP contribution is -2.30. The predicted molar refractivity (Wildman–Crippen MR) is 84.0 cm³/mol. The summed E-state index contributed by atoms with van der Waals surface area (Å²) >= 11 is 0. The summed E-state index contributed by atoms with van der Waals surface area (Å²) in [5.41, 5.74) is 0.983. The molecule has 0 spiro atoms. The number of hydrogen-bond acceptors (Lipinski definition) is 5. The van der Waals surface area contributed by atoms with E-state index < -0.39 is 0 Å². The molecule has 0 aromatic carbocycles. The molecule has 2 unspecified atom stereocenters. The molecule has 0 aliphatic heterocycles. The van der Waals surface area contributed by atoms with Crippen molar-refractivity contribution in [3.8, 4) is 5.88 Å². The lowest BCUT2D eigenvalue weighted by Gasteiger charge is -2.29. The molecule has 1 aromatic rings. The van der Waals surface area contributed by atoms with Gasteiger partial charge in [0.15, 0.2) is 0 Å². The van der Waals surface area contributed by atoms with Crippen LogP contribution in [0.5, 0.6) is 5.88 Å². The summed E-state index contributed by atoms with van der Waals surface area (Å²) in [4.78, 5) is 9.14. The highest BCUT2D eigenvalue weighted by Crippen LogP contribution is 2.28. The summed E-state index contributed by atoms with van der Waals surface area (Å²) in [6, 6.07) is 0. The van der Waals surface area contributed by atoms with Gasteiger partial charge in [-0.2, -0.15) is 4.98 Å². The molecule has 5 nitrogen and oxygen atoms in total. The van der Waals surface area contributed by atoms with Crippen LogP contribution in [0.1, 0.15) is 50.4 Å². The van der Waals surface area contributed by atoms with Gasteiger partial charge < -0.3 is 14.8 Å². The molecule has 1 aliphatic carbocycles. The molecular weight excluding hydrogens is 266 g/mol. The topological polar surface area (TPSA) is 56.3 Å². The molecule has 5 heteroatoms. The molecule has 1 aromatic heterocycles. The molecule has 0 radical (unpaired) electrons. The first-order chi connectivity index (χ1) is 10.2. The van der Waals surface area contributed by atoms with Crippen LogP contribution in [0, 0.1) is 6.92 Å². The third-order valence-corrected chi connectivity index (χ3v) is 4.05. The lowest BCUT2D eigenvalue weighted by atomic mass is 9.95. The number of aromatic nitrogens is 2. The zero-order chi connectivity index (χ0) is 15.2. The van der Waals surface area contributed by atoms with E-state index in [-0.39, 0.29) is 6.10 Å². The molecule has 1 aliphatic rings. The fourth-order valence-corrected chi connectivity index (χ4v) is 2.81. The van der Waals surface area contributed by atoms with E-state index in [1.54, 1.807) is 7.11 Å². The monoisotopic (exact) mass is 293 g/mol. The van der Waals surface area contributed by atoms with Crippen LogP contribution >= 0.6 is 0 Å². The number of anilines is 1. The summed E-state index contributed by atoms with van der Waals surface area (Å²) in [7, 11) is 3.66. The highest BCUT2D eigenvalue weighted by molar-refractivity contribution is 5.48. The Hall–Kier alpha value is -1.36. The van der Waals surface area contributed by atoms with Crippen molar-refractivity contribution in [2.24, 2.45) is 0 Å². The largest absolute Gasteiger partial charge is 0.474 e. The van der Waals surface area contributed by atoms with Gasteiger partial charge >= 0.3 is 0 Å². The van der Waals surface area contributed by atoms with E-state index in [4.69, 9.17) is 9.47 Å². The van der Waals surface area contributed by atoms with E-state index in [2.05, 4.69) is 22.2 Å². The molecule has 1 saturated carbocycles. The van der Waals surface area contributed by atoms with Gasteiger partial charge in [-0.3, -0.25) is 0 Å². The number of nitrogens with one attached hydrogen (secondary N) is 1. The number of methoxy groups -OCH3 is 1. The second kappa shape index (κ2) is 7.59. The minimum Gasteiger partial charge on any atom is -0.474 e. The molecule has 2 rings (SSSR count). The number of nitrogens with zero attached hydrogens (tertiary/aromatic N) is 2. The van der Waals surface area contributed by atoms with Crippen molar-refractivity contribution < 1.29 is 9.47 Å². The minimum absolute atomic E-state index is 0.191. The summed E-state index contributed by atoms with van der Waals surface area (Å²) in [6.45, 7) is 4.14. The zero-order valence-electron chi connectivity index (χ0n) is 13.6. The van der Waals surface area contributed by atoms with Gasteiger partial charge in [-0.25, -0.2) is 4.98 Å². The second-order valence-corrected chi connectivity index (χ2v) is 5.68. The third-order valence-electron chi connectivity index (χ3n) is 4.05. The van der Waals surface area contributed by atoms with Gasteiger partial charge in [-0.1, -0.05) is 6.92 Å². The Morgan fingerprint density at radius 1 is 1.24 bits per heavy atom. The number of hydrogen-bond donors (Lipinski definition) is 1. The molecule has 1 fully saturated rings. The van der Waals surface area contributed by atoms with Gasteiger partial charge in [0.05, 0.1) is 11.7 Å². The van der Waals surface area contributed by atoms with Crippen molar-refractivity contribution in [1.29, 1.82) is 0 Å². The molecule has 1 heterocycles. The van der Waals surface area contributed by atoms with Crippen LogP contribution in [0.3, 0.4) is 0 Å². The second-order valence-electron chi connectivity index (χ2n) is 5.68. The predicted octanol–water partition coefficient (Wildman–Crippen LogP) is 3.12. The average Bonchev–Trinajstić information content (AvgIpc) is 2.50. The van der Waals surface area contributed by atoms with Gasteiger partial charge in [0.2, 0.25) is 5.88 Å². The van der Waals surface area contributed by atoms with Crippen LogP contribution in [0.2, 0.25) is 0 Å². The number of ether oxygens (including phenoxy) is 2. The van der Waals surface area contributed by atoms with Crippen LogP contribution in [0.15, 0.2) is 0 Å². The van der Waals surface area contributed by atoms with E-state index in [9.17, 15) is 0 Å². The van der Waals surface area contributed by atoms with Crippen LogP contribution in [0.25, 0.3) is 0 Å². The molecule has 118 valence electrons. The standard InChI is InChI=1S/C16H27N3O2/c1-5-7-14-18-15(17-3)11(2)16(19-14)21-13-9-6-8-12(10-13)20-4/h12-13H,5-10H2,1-4H3,(H,17,18,19). The fourth-order valence-electron chi connectivity index (χ4n) is 2.81. The summed E-state index contributed by atoms with van der Waals surface area (Å²) in [5, 5.41) is 3.14. The van der Waals surface area contributed by atoms with E-state index >= 15 is 0 Å². The van der Waals surface area contributed by atoms with E-state index in [0.717, 1.165) is 61.6 Å². The molecule has 1 N–H and O–H groups in total. The summed E-state index contributed by atoms with van der Waals surface area (Å²) < 4.78 is 11.6. The summed E-state index contributed by atoms with van der Waals surface area (Å²) in [6.07, 6.45) is 6.69. The minimum atomic E-state index is 0.191. The zero-order valence-corrected chi connectivity index (χ0v) is 13.6. The highest BCUT2D eigenvalue weighted by Gasteiger charge is 2.24. The maximum Gasteiger partial charge on any atom is 0.222 e. The number of rotatable bonds is 6. The SMILES string of the molecule is CCCc1nc(NC)c(C)c(OC2CCCC(OC)C2)n1. The van der Waals surface area contributed by atoms with Crippen LogP contribution < -0.4 is 10.1 Å². The Bertz CT molecular complexity index is 465. The maximum atomic E-state index is 6.18. The molecule has 0 saturated heterocycles. The van der Waals surface area contributed by atoms with Crippen molar-refractivity contribution in [1.82, 2.24) is 9.97 Å². The first-order valence-corrected chi connectivity index (χ1v) is 7.92. The van der Waals surface area contributed by atoms with E-state index in [1.165, 1.54) is 0 Å². The molecule has 2 atom stereocenters. The van der Waals surface area contributed by atoms with Gasteiger partial charge in [0.25, 0.3) is 0 Å². The summed E-state index contributed by atoms with van der Waals surface area (Å²) in [5.74, 6) is 2.43. The quantitative estimate of drug-likeness (QED) is 0.873. The van der Waals surface area contributed by atoms with Gasteiger partial charge in [-0.15, -0.1) is 0 Å². The fraction of sp³-hybridized carbons (Fsp3) is 0.750. The Morgan fingerprint density at radius 3 is 2.67 bits per heavy atom. The average molecular weight is 293 g/mol. The molecule has 0 amide bonds. The van der Waals surface area contributed by atoms with Crippen molar-refractivity contribution in [2.45, 2.75) is 64.6 Å². The smallest absolute Gasteiger partial charge is 0.222 e. The lowest BCUT2D eigenvalue weighted by molar-refractivity contribution is 0.0192. The Kier molecular flexibility index (Phi) is 5.79. The van der Waals surface area contributed by atoms with Crippen LogP contribution in [0.4, 0.5) is 5.82 Å². The molecular formula is C16H27N3O2.